The predicted octanol–water partition coefficient (Wildman–Crippen LogP) is 0.729. The Morgan fingerprint density at radius 3 is 1.73 bits per heavy atom. The van der Waals surface area contributed by atoms with Gasteiger partial charge in [-0.3, -0.25) is 0 Å². The molecule has 0 spiro atoms. The summed E-state index contributed by atoms with van der Waals surface area (Å²) < 4.78 is 0. The molecule has 1 heteroatoms. The first-order chi connectivity index (χ1) is 4.61. The fraction of sp³-hybridized carbons (Fsp3) is 1.00. The summed E-state index contributed by atoms with van der Waals surface area (Å²) in [7, 11) is 0. The molecule has 0 atom stereocenters. The Bertz CT molecular complexity index is 101. The Balaban J connectivity index is 0. The maximum Gasteiger partial charge on any atom is 1.00 e. The molecular formula is C10H21Li. The zero-order chi connectivity index (χ0) is 7.61. The minimum absolute atomic E-state index is 0. The maximum atomic E-state index is 2.38. The van der Waals surface area contributed by atoms with E-state index in [2.05, 4.69) is 20.8 Å². The number of hydrogen-bond acceptors (Lipinski definition) is 0. The van der Waals surface area contributed by atoms with Gasteiger partial charge in [0.2, 0.25) is 0 Å². The molecule has 0 bridgehead atoms. The summed E-state index contributed by atoms with van der Waals surface area (Å²) in [6.45, 7) is 7.13. The monoisotopic (exact) mass is 148 g/mol. The molecule has 0 heterocycles. The van der Waals surface area contributed by atoms with E-state index in [0.29, 0.717) is 5.41 Å². The van der Waals surface area contributed by atoms with Crippen molar-refractivity contribution in [1.29, 1.82) is 0 Å². The first kappa shape index (κ1) is 11.6. The summed E-state index contributed by atoms with van der Waals surface area (Å²) in [5.41, 5.74) is 0.570. The summed E-state index contributed by atoms with van der Waals surface area (Å²) in [5.74, 6) is 1.00. The summed E-state index contributed by atoms with van der Waals surface area (Å²) in [6.07, 6.45) is 7.38. The van der Waals surface area contributed by atoms with Gasteiger partial charge in [0, 0.05) is 0 Å². The van der Waals surface area contributed by atoms with Gasteiger partial charge < -0.3 is 1.43 Å². The van der Waals surface area contributed by atoms with Crippen molar-refractivity contribution in [2.24, 2.45) is 11.3 Å². The molecule has 0 N–H and O–H groups in total. The molecular weight excluding hydrogens is 127 g/mol. The standard InChI is InChI=1S/C10H20.Li.H/c1-10(2,3)9-7-5-4-6-8-9;;/h9H,4-8H2,1-3H3;;/q;+1;-1. The molecule has 1 rings (SSSR count). The second-order valence-corrected chi connectivity index (χ2v) is 4.70. The Labute approximate surface area is 84.8 Å². The molecule has 0 radical (unpaired) electrons. The van der Waals surface area contributed by atoms with Crippen molar-refractivity contribution in [2.45, 2.75) is 52.9 Å². The topological polar surface area (TPSA) is 0 Å². The van der Waals surface area contributed by atoms with Crippen LogP contribution in [-0.4, -0.2) is 0 Å². The van der Waals surface area contributed by atoms with Crippen molar-refractivity contribution < 1.29 is 20.3 Å². The SMILES string of the molecule is CC(C)(C)C1CCCCC1.[H-].[Li+]. The Morgan fingerprint density at radius 1 is 1.00 bits per heavy atom. The van der Waals surface area contributed by atoms with E-state index in [4.69, 9.17) is 0 Å². The fourth-order valence-corrected chi connectivity index (χ4v) is 1.97. The average molecular weight is 148 g/mol. The van der Waals surface area contributed by atoms with E-state index in [0.717, 1.165) is 5.92 Å². The Hall–Kier alpha value is 0.597. The van der Waals surface area contributed by atoms with Crippen LogP contribution in [0.4, 0.5) is 0 Å². The third-order valence-corrected chi connectivity index (χ3v) is 2.83. The van der Waals surface area contributed by atoms with Crippen LogP contribution in [0.1, 0.15) is 54.3 Å². The Morgan fingerprint density at radius 2 is 1.45 bits per heavy atom. The van der Waals surface area contributed by atoms with Crippen molar-refractivity contribution >= 4 is 0 Å². The maximum absolute atomic E-state index is 2.38. The van der Waals surface area contributed by atoms with E-state index < -0.39 is 0 Å². The first-order valence-electron chi connectivity index (χ1n) is 4.61. The van der Waals surface area contributed by atoms with E-state index in [1.165, 1.54) is 32.1 Å². The van der Waals surface area contributed by atoms with Crippen molar-refractivity contribution in [3.8, 4) is 0 Å². The summed E-state index contributed by atoms with van der Waals surface area (Å²) in [6, 6.07) is 0. The summed E-state index contributed by atoms with van der Waals surface area (Å²) >= 11 is 0. The largest absolute Gasteiger partial charge is 1.00 e. The molecule has 62 valence electrons. The molecule has 1 saturated carbocycles. The number of rotatable bonds is 0. The van der Waals surface area contributed by atoms with Crippen LogP contribution in [0.15, 0.2) is 0 Å². The zero-order valence-corrected chi connectivity index (χ0v) is 8.61. The van der Waals surface area contributed by atoms with Crippen LogP contribution in [0.5, 0.6) is 0 Å². The van der Waals surface area contributed by atoms with Gasteiger partial charge in [-0.15, -0.1) is 0 Å². The summed E-state index contributed by atoms with van der Waals surface area (Å²) in [5, 5.41) is 0. The predicted molar refractivity (Wildman–Crippen MR) is 47.1 cm³/mol. The molecule has 11 heavy (non-hydrogen) atoms. The first-order valence-corrected chi connectivity index (χ1v) is 4.61. The molecule has 0 nitrogen and oxygen atoms in total. The van der Waals surface area contributed by atoms with Crippen LogP contribution >= 0.6 is 0 Å². The normalized spacial score (nSPS) is 21.0. The second-order valence-electron chi connectivity index (χ2n) is 4.70. The van der Waals surface area contributed by atoms with E-state index in [9.17, 15) is 0 Å². The van der Waals surface area contributed by atoms with E-state index in [-0.39, 0.29) is 20.3 Å². The molecule has 1 aliphatic carbocycles. The van der Waals surface area contributed by atoms with Crippen LogP contribution in [-0.2, 0) is 0 Å². The van der Waals surface area contributed by atoms with Crippen LogP contribution in [0.3, 0.4) is 0 Å². The van der Waals surface area contributed by atoms with Gasteiger partial charge in [-0.25, -0.2) is 0 Å². The molecule has 1 fully saturated rings. The van der Waals surface area contributed by atoms with E-state index >= 15 is 0 Å². The number of hydrogen-bond donors (Lipinski definition) is 0. The average Bonchev–Trinajstić information content (AvgIpc) is 1.88. The third kappa shape index (κ3) is 3.68. The van der Waals surface area contributed by atoms with Gasteiger partial charge in [0.15, 0.2) is 0 Å². The van der Waals surface area contributed by atoms with Gasteiger partial charge in [0.25, 0.3) is 0 Å². The zero-order valence-electron chi connectivity index (χ0n) is 9.61. The molecule has 0 amide bonds. The smallest absolute Gasteiger partial charge is 1.00 e. The molecule has 0 saturated heterocycles. The minimum Gasteiger partial charge on any atom is -1.00 e. The van der Waals surface area contributed by atoms with Crippen molar-refractivity contribution in [2.75, 3.05) is 0 Å². The van der Waals surface area contributed by atoms with Crippen molar-refractivity contribution in [1.82, 2.24) is 0 Å². The van der Waals surface area contributed by atoms with Gasteiger partial charge in [-0.1, -0.05) is 40.0 Å². The fourth-order valence-electron chi connectivity index (χ4n) is 1.97. The molecule has 0 unspecified atom stereocenters. The quantitative estimate of drug-likeness (QED) is 0.444. The molecule has 0 aromatic heterocycles. The molecule has 1 aliphatic rings. The van der Waals surface area contributed by atoms with Crippen LogP contribution in [0.2, 0.25) is 0 Å². The van der Waals surface area contributed by atoms with Crippen molar-refractivity contribution in [3.05, 3.63) is 0 Å². The van der Waals surface area contributed by atoms with Gasteiger partial charge in [0.05, 0.1) is 0 Å². The van der Waals surface area contributed by atoms with Crippen LogP contribution < -0.4 is 18.9 Å². The van der Waals surface area contributed by atoms with Gasteiger partial charge in [-0.05, 0) is 24.2 Å². The van der Waals surface area contributed by atoms with Gasteiger partial charge >= 0.3 is 18.9 Å². The Kier molecular flexibility index (Phi) is 4.83. The third-order valence-electron chi connectivity index (χ3n) is 2.83. The van der Waals surface area contributed by atoms with Gasteiger partial charge in [-0.2, -0.15) is 0 Å². The van der Waals surface area contributed by atoms with E-state index in [1.807, 2.05) is 0 Å². The second kappa shape index (κ2) is 4.58. The van der Waals surface area contributed by atoms with Crippen LogP contribution in [0.25, 0.3) is 0 Å². The van der Waals surface area contributed by atoms with Crippen molar-refractivity contribution in [3.63, 3.8) is 0 Å². The molecule has 0 aliphatic heterocycles. The molecule has 0 aromatic carbocycles. The van der Waals surface area contributed by atoms with E-state index in [1.54, 1.807) is 0 Å². The minimum atomic E-state index is 0. The van der Waals surface area contributed by atoms with Crippen LogP contribution in [0, 0.1) is 11.3 Å². The summed E-state index contributed by atoms with van der Waals surface area (Å²) in [4.78, 5) is 0. The van der Waals surface area contributed by atoms with Gasteiger partial charge in [0.1, 0.15) is 0 Å². The molecule has 0 aromatic rings.